The summed E-state index contributed by atoms with van der Waals surface area (Å²) in [5.41, 5.74) is 3.55. The number of halogens is 2. The highest BCUT2D eigenvalue weighted by atomic mass is 35.5. The Hall–Kier alpha value is -1.64. The van der Waals surface area contributed by atoms with Gasteiger partial charge in [0, 0.05) is 11.1 Å². The van der Waals surface area contributed by atoms with Gasteiger partial charge in [0.05, 0.1) is 0 Å². The van der Waals surface area contributed by atoms with Crippen molar-refractivity contribution in [2.45, 2.75) is 33.1 Å². The highest BCUT2D eigenvalue weighted by Crippen LogP contribution is 2.22. The number of carbonyl (C=O) groups is 2. The van der Waals surface area contributed by atoms with E-state index < -0.39 is 10.5 Å². The summed E-state index contributed by atoms with van der Waals surface area (Å²) in [5, 5.41) is -0.805. The van der Waals surface area contributed by atoms with Crippen LogP contribution in [0.4, 0.5) is 0 Å². The molecular formula is C19H20Cl2O2. The van der Waals surface area contributed by atoms with Crippen LogP contribution in [-0.2, 0) is 5.41 Å². The van der Waals surface area contributed by atoms with Crippen LogP contribution >= 0.6 is 23.2 Å². The van der Waals surface area contributed by atoms with E-state index in [4.69, 9.17) is 23.2 Å². The fourth-order valence-electron chi connectivity index (χ4n) is 1.79. The first-order chi connectivity index (χ1) is 10.6. The zero-order valence-electron chi connectivity index (χ0n) is 13.7. The summed E-state index contributed by atoms with van der Waals surface area (Å²) in [6.07, 6.45) is 0. The third-order valence-electron chi connectivity index (χ3n) is 3.26. The zero-order chi connectivity index (χ0) is 17.6. The third-order valence-corrected chi connectivity index (χ3v) is 3.69. The molecule has 0 aromatic heterocycles. The van der Waals surface area contributed by atoms with E-state index in [9.17, 15) is 9.59 Å². The second-order valence-electron chi connectivity index (χ2n) is 6.24. The Morgan fingerprint density at radius 2 is 1.09 bits per heavy atom. The maximum atomic E-state index is 10.8. The van der Waals surface area contributed by atoms with Crippen molar-refractivity contribution >= 4 is 33.7 Å². The Bertz CT molecular complexity index is 666. The van der Waals surface area contributed by atoms with Crippen molar-refractivity contribution < 1.29 is 9.59 Å². The maximum Gasteiger partial charge on any atom is 0.252 e. The van der Waals surface area contributed by atoms with Gasteiger partial charge in [0.1, 0.15) is 0 Å². The Morgan fingerprint density at radius 3 is 1.39 bits per heavy atom. The second kappa shape index (κ2) is 8.28. The molecule has 2 aromatic rings. The molecular weight excluding hydrogens is 331 g/mol. The minimum atomic E-state index is -0.403. The number of rotatable bonds is 2. The van der Waals surface area contributed by atoms with Crippen LogP contribution in [0.15, 0.2) is 48.5 Å². The van der Waals surface area contributed by atoms with E-state index >= 15 is 0 Å². The Labute approximate surface area is 147 Å². The molecule has 0 heterocycles. The lowest BCUT2D eigenvalue weighted by atomic mass is 9.87. The molecule has 2 aromatic carbocycles. The molecule has 0 saturated carbocycles. The third kappa shape index (κ3) is 6.55. The standard InChI is InChI=1S/C11H13ClO.C8H7ClO/c1-11(2,3)9-6-4-8(5-7-9)10(12)13;1-6-2-4-7(5-3-6)8(9)10/h4-7H,1-3H3;2-5H,1H3. The average Bonchev–Trinajstić information content (AvgIpc) is 2.47. The minimum absolute atomic E-state index is 0.119. The van der Waals surface area contributed by atoms with Crippen molar-refractivity contribution in [1.82, 2.24) is 0 Å². The molecule has 0 saturated heterocycles. The van der Waals surface area contributed by atoms with Crippen LogP contribution in [0.5, 0.6) is 0 Å². The summed E-state index contributed by atoms with van der Waals surface area (Å²) in [6.45, 7) is 8.35. The lowest BCUT2D eigenvalue weighted by Crippen LogP contribution is -2.10. The minimum Gasteiger partial charge on any atom is -0.276 e. The lowest BCUT2D eigenvalue weighted by Gasteiger charge is -2.18. The van der Waals surface area contributed by atoms with E-state index in [2.05, 4.69) is 20.8 Å². The van der Waals surface area contributed by atoms with Gasteiger partial charge in [0.2, 0.25) is 0 Å². The van der Waals surface area contributed by atoms with Crippen molar-refractivity contribution in [3.05, 3.63) is 70.8 Å². The Balaban J connectivity index is 0.000000238. The smallest absolute Gasteiger partial charge is 0.252 e. The van der Waals surface area contributed by atoms with Crippen molar-refractivity contribution in [3.63, 3.8) is 0 Å². The first-order valence-corrected chi connectivity index (χ1v) is 7.93. The normalized spacial score (nSPS) is 10.5. The van der Waals surface area contributed by atoms with Crippen LogP contribution in [0.3, 0.4) is 0 Å². The second-order valence-corrected chi connectivity index (χ2v) is 6.93. The Morgan fingerprint density at radius 1 is 0.739 bits per heavy atom. The molecule has 0 amide bonds. The van der Waals surface area contributed by atoms with Gasteiger partial charge >= 0.3 is 0 Å². The SMILES string of the molecule is CC(C)(C)c1ccc(C(=O)Cl)cc1.Cc1ccc(C(=O)Cl)cc1. The molecule has 0 aliphatic rings. The monoisotopic (exact) mass is 350 g/mol. The largest absolute Gasteiger partial charge is 0.276 e. The predicted molar refractivity (Wildman–Crippen MR) is 96.7 cm³/mol. The molecule has 0 atom stereocenters. The number of aryl methyl sites for hydroxylation is 1. The van der Waals surface area contributed by atoms with Gasteiger partial charge in [0.15, 0.2) is 0 Å². The highest BCUT2D eigenvalue weighted by molar-refractivity contribution is 6.68. The summed E-state index contributed by atoms with van der Waals surface area (Å²) >= 11 is 10.5. The van der Waals surface area contributed by atoms with Gasteiger partial charge in [-0.3, -0.25) is 9.59 Å². The molecule has 0 N–H and O–H groups in total. The number of hydrogen-bond donors (Lipinski definition) is 0. The summed E-state index contributed by atoms with van der Waals surface area (Å²) < 4.78 is 0. The summed E-state index contributed by atoms with van der Waals surface area (Å²) in [5.74, 6) is 0. The molecule has 0 bridgehead atoms. The van der Waals surface area contributed by atoms with E-state index in [-0.39, 0.29) is 5.41 Å². The molecule has 0 spiro atoms. The van der Waals surface area contributed by atoms with Gasteiger partial charge in [0.25, 0.3) is 10.5 Å². The quantitative estimate of drug-likeness (QED) is 0.647. The van der Waals surface area contributed by atoms with Crippen LogP contribution < -0.4 is 0 Å². The molecule has 4 heteroatoms. The fraction of sp³-hybridized carbons (Fsp3) is 0.263. The average molecular weight is 351 g/mol. The molecule has 2 rings (SSSR count). The van der Waals surface area contributed by atoms with Crippen LogP contribution in [0.1, 0.15) is 52.6 Å². The predicted octanol–water partition coefficient (Wildman–Crippen LogP) is 5.74. The first-order valence-electron chi connectivity index (χ1n) is 7.18. The van der Waals surface area contributed by atoms with Gasteiger partial charge in [-0.25, -0.2) is 0 Å². The van der Waals surface area contributed by atoms with E-state index in [1.165, 1.54) is 5.56 Å². The van der Waals surface area contributed by atoms with E-state index in [1.54, 1.807) is 24.3 Å². The zero-order valence-corrected chi connectivity index (χ0v) is 15.2. The first kappa shape index (κ1) is 19.4. The molecule has 122 valence electrons. The van der Waals surface area contributed by atoms with Crippen molar-refractivity contribution in [2.24, 2.45) is 0 Å². The Kier molecular flexibility index (Phi) is 6.99. The summed E-state index contributed by atoms with van der Waals surface area (Å²) in [4.78, 5) is 21.3. The van der Waals surface area contributed by atoms with Gasteiger partial charge in [-0.15, -0.1) is 0 Å². The van der Waals surface area contributed by atoms with Crippen LogP contribution in [0, 0.1) is 6.92 Å². The fourth-order valence-corrected chi connectivity index (χ4v) is 2.04. The van der Waals surface area contributed by atoms with E-state index in [0.29, 0.717) is 11.1 Å². The van der Waals surface area contributed by atoms with Gasteiger partial charge in [-0.05, 0) is 65.4 Å². The number of carbonyl (C=O) groups excluding carboxylic acids is 2. The lowest BCUT2D eigenvalue weighted by molar-refractivity contribution is 0.107. The van der Waals surface area contributed by atoms with Crippen LogP contribution in [-0.4, -0.2) is 10.5 Å². The molecule has 23 heavy (non-hydrogen) atoms. The molecule has 0 aliphatic carbocycles. The molecule has 2 nitrogen and oxygen atoms in total. The van der Waals surface area contributed by atoms with Crippen molar-refractivity contribution in [1.29, 1.82) is 0 Å². The molecule has 0 fully saturated rings. The number of benzene rings is 2. The van der Waals surface area contributed by atoms with Crippen molar-refractivity contribution in [2.75, 3.05) is 0 Å². The molecule has 0 unspecified atom stereocenters. The van der Waals surface area contributed by atoms with Crippen molar-refractivity contribution in [3.8, 4) is 0 Å². The van der Waals surface area contributed by atoms with Crippen LogP contribution in [0.2, 0.25) is 0 Å². The summed E-state index contributed by atoms with van der Waals surface area (Å²) in [6, 6.07) is 14.5. The van der Waals surface area contributed by atoms with Gasteiger partial charge in [-0.2, -0.15) is 0 Å². The topological polar surface area (TPSA) is 34.1 Å². The van der Waals surface area contributed by atoms with E-state index in [1.807, 2.05) is 31.2 Å². The summed E-state index contributed by atoms with van der Waals surface area (Å²) in [7, 11) is 0. The molecule has 0 aliphatic heterocycles. The van der Waals surface area contributed by atoms with E-state index in [0.717, 1.165) is 5.56 Å². The maximum absolute atomic E-state index is 10.8. The number of hydrogen-bond acceptors (Lipinski definition) is 2. The van der Waals surface area contributed by atoms with Crippen LogP contribution in [0.25, 0.3) is 0 Å². The molecule has 0 radical (unpaired) electrons. The van der Waals surface area contributed by atoms with Gasteiger partial charge < -0.3 is 0 Å². The highest BCUT2D eigenvalue weighted by Gasteiger charge is 2.13. The van der Waals surface area contributed by atoms with Gasteiger partial charge in [-0.1, -0.05) is 50.6 Å².